The smallest absolute Gasteiger partial charge is 0.325 e. The van der Waals surface area contributed by atoms with Crippen LogP contribution in [0.3, 0.4) is 0 Å². The number of urea groups is 1. The summed E-state index contributed by atoms with van der Waals surface area (Å²) in [6.45, 7) is 3.27. The van der Waals surface area contributed by atoms with Crippen molar-refractivity contribution in [1.29, 1.82) is 0 Å². The predicted octanol–water partition coefficient (Wildman–Crippen LogP) is 3.37. The molecule has 7 nitrogen and oxygen atoms in total. The molecule has 3 aliphatic rings. The first-order valence-corrected chi connectivity index (χ1v) is 12.0. The lowest BCUT2D eigenvalue weighted by Crippen LogP contribution is -2.54. The lowest BCUT2D eigenvalue weighted by molar-refractivity contribution is -0.141. The van der Waals surface area contributed by atoms with Crippen LogP contribution in [0, 0.1) is 11.8 Å². The van der Waals surface area contributed by atoms with Crippen LogP contribution in [0.2, 0.25) is 0 Å². The number of rotatable bonds is 6. The molecule has 4 amide bonds. The van der Waals surface area contributed by atoms with E-state index in [0.29, 0.717) is 25.4 Å². The molecule has 2 saturated heterocycles. The number of likely N-dealkylation sites (tertiary alicyclic amines) is 1. The Kier molecular flexibility index (Phi) is 6.72. The molecular formula is C25H35N3O4. The van der Waals surface area contributed by atoms with Crippen molar-refractivity contribution in [3.05, 3.63) is 29.8 Å². The van der Waals surface area contributed by atoms with E-state index in [0.717, 1.165) is 55.6 Å². The molecule has 1 N–H and O–H groups in total. The van der Waals surface area contributed by atoms with Gasteiger partial charge in [0.25, 0.3) is 5.91 Å². The van der Waals surface area contributed by atoms with Gasteiger partial charge < -0.3 is 15.0 Å². The summed E-state index contributed by atoms with van der Waals surface area (Å²) in [5.41, 5.74) is 0.498. The van der Waals surface area contributed by atoms with Crippen LogP contribution in [0.4, 0.5) is 4.79 Å². The van der Waals surface area contributed by atoms with Crippen molar-refractivity contribution in [1.82, 2.24) is 15.1 Å². The van der Waals surface area contributed by atoms with Crippen molar-refractivity contribution in [3.63, 3.8) is 0 Å². The molecule has 1 aromatic rings. The Labute approximate surface area is 190 Å². The minimum atomic E-state index is -0.802. The molecule has 2 aliphatic heterocycles. The number of amides is 4. The largest absolute Gasteiger partial charge is 0.497 e. The van der Waals surface area contributed by atoms with Gasteiger partial charge >= 0.3 is 6.03 Å². The third-order valence-electron chi connectivity index (χ3n) is 7.76. The number of nitrogens with one attached hydrogen (secondary N) is 1. The Hall–Kier alpha value is -2.57. The Morgan fingerprint density at radius 2 is 1.84 bits per heavy atom. The summed E-state index contributed by atoms with van der Waals surface area (Å²) in [4.78, 5) is 41.5. The molecule has 1 aliphatic carbocycles. The molecule has 1 spiro atoms. The summed E-state index contributed by atoms with van der Waals surface area (Å²) in [5, 5.41) is 2.93. The van der Waals surface area contributed by atoms with Crippen molar-refractivity contribution in [3.8, 4) is 5.75 Å². The molecular weight excluding hydrogens is 406 g/mol. The number of piperidine rings is 1. The first-order valence-electron chi connectivity index (χ1n) is 12.0. The maximum Gasteiger partial charge on any atom is 0.325 e. The summed E-state index contributed by atoms with van der Waals surface area (Å²) < 4.78 is 5.21. The van der Waals surface area contributed by atoms with Crippen molar-refractivity contribution < 1.29 is 19.1 Å². The van der Waals surface area contributed by atoms with Gasteiger partial charge in [0.15, 0.2) is 0 Å². The molecule has 1 saturated carbocycles. The van der Waals surface area contributed by atoms with Crippen LogP contribution in [0.15, 0.2) is 24.3 Å². The SMILES string of the molecule is COc1ccc(CCC2CCN(C(=O)CN3C(=O)NC4(CCCCC4C)C3=O)CC2)cc1. The molecule has 1 aromatic carbocycles. The number of aryl methyl sites for hydroxylation is 1. The van der Waals surface area contributed by atoms with E-state index in [-0.39, 0.29) is 24.3 Å². The Bertz CT molecular complexity index is 847. The second-order valence-corrected chi connectivity index (χ2v) is 9.65. The van der Waals surface area contributed by atoms with Gasteiger partial charge in [0.05, 0.1) is 7.11 Å². The van der Waals surface area contributed by atoms with E-state index in [4.69, 9.17) is 4.74 Å². The van der Waals surface area contributed by atoms with Crippen molar-refractivity contribution in [2.45, 2.75) is 63.8 Å². The highest BCUT2D eigenvalue weighted by atomic mass is 16.5. The number of hydrogen-bond donors (Lipinski definition) is 1. The minimum Gasteiger partial charge on any atom is -0.497 e. The number of hydrogen-bond acceptors (Lipinski definition) is 4. The zero-order valence-corrected chi connectivity index (χ0v) is 19.3. The Balaban J connectivity index is 1.25. The number of nitrogens with zero attached hydrogens (tertiary/aromatic N) is 2. The lowest BCUT2D eigenvalue weighted by atomic mass is 9.73. The standard InChI is InChI=1S/C25H35N3O4/c1-18-5-3-4-14-25(18)23(30)28(24(31)26-25)17-22(29)27-15-12-20(13-16-27)7-6-19-8-10-21(32-2)11-9-19/h8-11,18,20H,3-7,12-17H2,1-2H3,(H,26,31). The Morgan fingerprint density at radius 3 is 2.50 bits per heavy atom. The number of carbonyl (C=O) groups is 3. The van der Waals surface area contributed by atoms with E-state index < -0.39 is 11.6 Å². The average molecular weight is 442 g/mol. The third-order valence-corrected chi connectivity index (χ3v) is 7.76. The van der Waals surface area contributed by atoms with Gasteiger partial charge in [-0.05, 0) is 68.1 Å². The van der Waals surface area contributed by atoms with Gasteiger partial charge in [0.1, 0.15) is 17.8 Å². The summed E-state index contributed by atoms with van der Waals surface area (Å²) in [6, 6.07) is 7.78. The van der Waals surface area contributed by atoms with Gasteiger partial charge in [-0.1, -0.05) is 31.9 Å². The van der Waals surface area contributed by atoms with Crippen LogP contribution in [-0.4, -0.2) is 59.9 Å². The van der Waals surface area contributed by atoms with Gasteiger partial charge in [0, 0.05) is 13.1 Å². The number of benzene rings is 1. The van der Waals surface area contributed by atoms with Crippen molar-refractivity contribution >= 4 is 17.8 Å². The number of imide groups is 1. The minimum absolute atomic E-state index is 0.106. The van der Waals surface area contributed by atoms with Crippen LogP contribution in [-0.2, 0) is 16.0 Å². The zero-order chi connectivity index (χ0) is 22.7. The molecule has 174 valence electrons. The quantitative estimate of drug-likeness (QED) is 0.687. The Morgan fingerprint density at radius 1 is 1.12 bits per heavy atom. The zero-order valence-electron chi connectivity index (χ0n) is 19.3. The molecule has 2 unspecified atom stereocenters. The van der Waals surface area contributed by atoms with Gasteiger partial charge in [-0.2, -0.15) is 0 Å². The van der Waals surface area contributed by atoms with Crippen LogP contribution in [0.1, 0.15) is 57.4 Å². The molecule has 3 fully saturated rings. The molecule has 2 atom stereocenters. The highest BCUT2D eigenvalue weighted by molar-refractivity contribution is 6.09. The molecule has 0 bridgehead atoms. The second-order valence-electron chi connectivity index (χ2n) is 9.65. The molecule has 0 radical (unpaired) electrons. The predicted molar refractivity (Wildman–Crippen MR) is 121 cm³/mol. The number of carbonyl (C=O) groups excluding carboxylic acids is 3. The molecule has 2 heterocycles. The van der Waals surface area contributed by atoms with Gasteiger partial charge in [0.2, 0.25) is 5.91 Å². The topological polar surface area (TPSA) is 79.0 Å². The molecule has 32 heavy (non-hydrogen) atoms. The van der Waals surface area contributed by atoms with E-state index in [1.165, 1.54) is 5.56 Å². The van der Waals surface area contributed by atoms with Crippen LogP contribution in [0.25, 0.3) is 0 Å². The fourth-order valence-electron chi connectivity index (χ4n) is 5.51. The van der Waals surface area contributed by atoms with Crippen molar-refractivity contribution in [2.24, 2.45) is 11.8 Å². The highest BCUT2D eigenvalue weighted by Crippen LogP contribution is 2.38. The first-order chi connectivity index (χ1) is 15.4. The number of ether oxygens (including phenoxy) is 1. The van der Waals surface area contributed by atoms with E-state index >= 15 is 0 Å². The summed E-state index contributed by atoms with van der Waals surface area (Å²) in [5.74, 6) is 1.23. The maximum atomic E-state index is 13.1. The van der Waals surface area contributed by atoms with E-state index in [1.54, 1.807) is 7.11 Å². The normalized spacial score (nSPS) is 26.5. The molecule has 4 rings (SSSR count). The lowest BCUT2D eigenvalue weighted by Gasteiger charge is -2.37. The van der Waals surface area contributed by atoms with Crippen molar-refractivity contribution in [2.75, 3.05) is 26.7 Å². The van der Waals surface area contributed by atoms with E-state index in [9.17, 15) is 14.4 Å². The maximum absolute atomic E-state index is 13.1. The highest BCUT2D eigenvalue weighted by Gasteiger charge is 2.55. The summed E-state index contributed by atoms with van der Waals surface area (Å²) >= 11 is 0. The summed E-state index contributed by atoms with van der Waals surface area (Å²) in [7, 11) is 1.67. The monoisotopic (exact) mass is 441 g/mol. The van der Waals surface area contributed by atoms with Gasteiger partial charge in [-0.15, -0.1) is 0 Å². The van der Waals surface area contributed by atoms with Gasteiger partial charge in [-0.3, -0.25) is 14.5 Å². The summed E-state index contributed by atoms with van der Waals surface area (Å²) in [6.07, 6.45) is 7.65. The van der Waals surface area contributed by atoms with Crippen LogP contribution < -0.4 is 10.1 Å². The number of methoxy groups -OCH3 is 1. The van der Waals surface area contributed by atoms with E-state index in [1.807, 2.05) is 24.0 Å². The van der Waals surface area contributed by atoms with Crippen LogP contribution >= 0.6 is 0 Å². The van der Waals surface area contributed by atoms with Crippen LogP contribution in [0.5, 0.6) is 5.75 Å². The van der Waals surface area contributed by atoms with Gasteiger partial charge in [-0.25, -0.2) is 4.79 Å². The average Bonchev–Trinajstić information content (AvgIpc) is 3.05. The van der Waals surface area contributed by atoms with E-state index in [2.05, 4.69) is 17.4 Å². The molecule has 7 heteroatoms. The second kappa shape index (κ2) is 9.51. The third kappa shape index (κ3) is 4.48. The fourth-order valence-corrected chi connectivity index (χ4v) is 5.51. The first kappa shape index (κ1) is 22.6. The fraction of sp³-hybridized carbons (Fsp3) is 0.640. The molecule has 0 aromatic heterocycles.